The van der Waals surface area contributed by atoms with Crippen molar-refractivity contribution in [1.82, 2.24) is 0 Å². The Morgan fingerprint density at radius 2 is 1.40 bits per heavy atom. The summed E-state index contributed by atoms with van der Waals surface area (Å²) >= 11 is 0. The van der Waals surface area contributed by atoms with Crippen LogP contribution < -0.4 is 0 Å². The van der Waals surface area contributed by atoms with E-state index in [1.165, 1.54) is 32.1 Å². The normalized spacial score (nSPS) is 47.8. The number of rotatable bonds is 1. The van der Waals surface area contributed by atoms with Crippen molar-refractivity contribution < 1.29 is 4.39 Å². The molecule has 3 unspecified atom stereocenters. The SMILES string of the molecule is CC1CCC(C2CC(C)CC(F)C2)CC1. The predicted octanol–water partition coefficient (Wildman–Crippen LogP) is 4.59. The molecule has 0 nitrogen and oxygen atoms in total. The molecule has 0 N–H and O–H groups in total. The van der Waals surface area contributed by atoms with Gasteiger partial charge in [-0.15, -0.1) is 0 Å². The Kier molecular flexibility index (Phi) is 3.69. The first-order valence-corrected chi connectivity index (χ1v) is 6.79. The highest BCUT2D eigenvalue weighted by Crippen LogP contribution is 2.42. The van der Waals surface area contributed by atoms with Crippen molar-refractivity contribution in [3.8, 4) is 0 Å². The van der Waals surface area contributed by atoms with E-state index < -0.39 is 6.17 Å². The minimum atomic E-state index is -0.502. The quantitative estimate of drug-likeness (QED) is 0.596. The zero-order valence-electron chi connectivity index (χ0n) is 10.2. The largest absolute Gasteiger partial charge is 0.247 e. The van der Waals surface area contributed by atoms with E-state index >= 15 is 0 Å². The van der Waals surface area contributed by atoms with Gasteiger partial charge in [0.1, 0.15) is 6.17 Å². The standard InChI is InChI=1S/C14H25F/c1-10-3-5-12(6-4-10)13-7-11(2)8-14(15)9-13/h10-14H,3-9H2,1-2H3. The number of hydrogen-bond acceptors (Lipinski definition) is 0. The summed E-state index contributed by atoms with van der Waals surface area (Å²) in [7, 11) is 0. The molecule has 2 rings (SSSR count). The van der Waals surface area contributed by atoms with Gasteiger partial charge in [-0.2, -0.15) is 0 Å². The van der Waals surface area contributed by atoms with Crippen LogP contribution in [0.3, 0.4) is 0 Å². The highest BCUT2D eigenvalue weighted by molar-refractivity contribution is 4.83. The van der Waals surface area contributed by atoms with E-state index in [9.17, 15) is 4.39 Å². The van der Waals surface area contributed by atoms with Crippen molar-refractivity contribution in [1.29, 1.82) is 0 Å². The number of alkyl halides is 1. The minimum absolute atomic E-state index is 0.502. The average Bonchev–Trinajstić information content (AvgIpc) is 2.17. The van der Waals surface area contributed by atoms with Crippen LogP contribution in [0.1, 0.15) is 58.8 Å². The number of hydrogen-bond donors (Lipinski definition) is 0. The Bertz CT molecular complexity index is 184. The Hall–Kier alpha value is -0.0700. The first-order chi connectivity index (χ1) is 7.15. The zero-order valence-corrected chi connectivity index (χ0v) is 10.2. The molecule has 88 valence electrons. The van der Waals surface area contributed by atoms with Gasteiger partial charge in [-0.25, -0.2) is 4.39 Å². The molecule has 15 heavy (non-hydrogen) atoms. The number of halogens is 1. The maximum absolute atomic E-state index is 13.5. The van der Waals surface area contributed by atoms with Crippen molar-refractivity contribution in [3.63, 3.8) is 0 Å². The highest BCUT2D eigenvalue weighted by atomic mass is 19.1. The highest BCUT2D eigenvalue weighted by Gasteiger charge is 2.33. The predicted molar refractivity (Wildman–Crippen MR) is 62.5 cm³/mol. The van der Waals surface area contributed by atoms with Gasteiger partial charge in [0.25, 0.3) is 0 Å². The lowest BCUT2D eigenvalue weighted by atomic mass is 9.69. The summed E-state index contributed by atoms with van der Waals surface area (Å²) in [6.45, 7) is 4.59. The van der Waals surface area contributed by atoms with Gasteiger partial charge in [0, 0.05) is 0 Å². The van der Waals surface area contributed by atoms with Crippen LogP contribution in [0.2, 0.25) is 0 Å². The van der Waals surface area contributed by atoms with Gasteiger partial charge in [-0.1, -0.05) is 26.7 Å². The lowest BCUT2D eigenvalue weighted by Gasteiger charge is -2.38. The van der Waals surface area contributed by atoms with Crippen LogP contribution in [0.4, 0.5) is 4.39 Å². The van der Waals surface area contributed by atoms with E-state index in [0.717, 1.165) is 24.7 Å². The lowest BCUT2D eigenvalue weighted by molar-refractivity contribution is 0.0931. The second kappa shape index (κ2) is 4.84. The molecule has 1 heteroatoms. The molecule has 0 bridgehead atoms. The van der Waals surface area contributed by atoms with Crippen molar-refractivity contribution in [2.24, 2.45) is 23.7 Å². The summed E-state index contributed by atoms with van der Waals surface area (Å²) < 4.78 is 13.5. The third-order valence-electron chi connectivity index (χ3n) is 4.65. The molecule has 0 amide bonds. The molecule has 0 saturated heterocycles. The molecule has 0 radical (unpaired) electrons. The van der Waals surface area contributed by atoms with Gasteiger partial charge in [0.2, 0.25) is 0 Å². The summed E-state index contributed by atoms with van der Waals surface area (Å²) in [5.41, 5.74) is 0. The summed E-state index contributed by atoms with van der Waals surface area (Å²) in [5.74, 6) is 3.10. The monoisotopic (exact) mass is 212 g/mol. The van der Waals surface area contributed by atoms with Crippen LogP contribution in [-0.2, 0) is 0 Å². The fourth-order valence-electron chi connectivity index (χ4n) is 3.71. The van der Waals surface area contributed by atoms with Crippen molar-refractivity contribution >= 4 is 0 Å². The van der Waals surface area contributed by atoms with E-state index in [0.29, 0.717) is 11.8 Å². The second-order valence-electron chi connectivity index (χ2n) is 6.19. The maximum Gasteiger partial charge on any atom is 0.101 e. The van der Waals surface area contributed by atoms with E-state index in [4.69, 9.17) is 0 Å². The van der Waals surface area contributed by atoms with Gasteiger partial charge in [-0.05, 0) is 55.8 Å². The molecule has 3 atom stereocenters. The van der Waals surface area contributed by atoms with Crippen LogP contribution in [0, 0.1) is 23.7 Å². The average molecular weight is 212 g/mol. The summed E-state index contributed by atoms with van der Waals surface area (Å²) in [4.78, 5) is 0. The molecule has 2 aliphatic rings. The van der Waals surface area contributed by atoms with Gasteiger partial charge in [0.05, 0.1) is 0 Å². The summed E-state index contributed by atoms with van der Waals surface area (Å²) in [6.07, 6.45) is 7.97. The smallest absolute Gasteiger partial charge is 0.101 e. The topological polar surface area (TPSA) is 0 Å². The second-order valence-corrected chi connectivity index (χ2v) is 6.19. The van der Waals surface area contributed by atoms with Crippen molar-refractivity contribution in [2.75, 3.05) is 0 Å². The molecule has 2 saturated carbocycles. The third-order valence-corrected chi connectivity index (χ3v) is 4.65. The molecule has 0 spiro atoms. The molecule has 2 fully saturated rings. The van der Waals surface area contributed by atoms with Crippen LogP contribution in [0.15, 0.2) is 0 Å². The summed E-state index contributed by atoms with van der Waals surface area (Å²) in [6, 6.07) is 0. The molecule has 2 aliphatic carbocycles. The minimum Gasteiger partial charge on any atom is -0.247 e. The summed E-state index contributed by atoms with van der Waals surface area (Å²) in [5, 5.41) is 0. The van der Waals surface area contributed by atoms with Crippen molar-refractivity contribution in [2.45, 2.75) is 65.0 Å². The maximum atomic E-state index is 13.5. The molecule has 0 aromatic heterocycles. The Balaban J connectivity index is 1.87. The lowest BCUT2D eigenvalue weighted by Crippen LogP contribution is -2.29. The van der Waals surface area contributed by atoms with Crippen LogP contribution in [0.5, 0.6) is 0 Å². The molecule has 0 aromatic carbocycles. The van der Waals surface area contributed by atoms with Crippen LogP contribution in [0.25, 0.3) is 0 Å². The van der Waals surface area contributed by atoms with Gasteiger partial charge in [-0.3, -0.25) is 0 Å². The fraction of sp³-hybridized carbons (Fsp3) is 1.00. The van der Waals surface area contributed by atoms with Crippen LogP contribution in [-0.4, -0.2) is 6.17 Å². The van der Waals surface area contributed by atoms with E-state index in [1.807, 2.05) is 0 Å². The Morgan fingerprint density at radius 3 is 2.00 bits per heavy atom. The van der Waals surface area contributed by atoms with E-state index in [1.54, 1.807) is 0 Å². The van der Waals surface area contributed by atoms with E-state index in [2.05, 4.69) is 13.8 Å². The molecule has 0 aliphatic heterocycles. The fourth-order valence-corrected chi connectivity index (χ4v) is 3.71. The molecular formula is C14H25F. The molecule has 0 aromatic rings. The molecule has 0 heterocycles. The Labute approximate surface area is 93.6 Å². The van der Waals surface area contributed by atoms with Crippen molar-refractivity contribution in [3.05, 3.63) is 0 Å². The zero-order chi connectivity index (χ0) is 10.8. The molecular weight excluding hydrogens is 187 g/mol. The third kappa shape index (κ3) is 2.95. The first kappa shape index (κ1) is 11.4. The van der Waals surface area contributed by atoms with Crippen LogP contribution >= 0.6 is 0 Å². The Morgan fingerprint density at radius 1 is 0.733 bits per heavy atom. The van der Waals surface area contributed by atoms with E-state index in [-0.39, 0.29) is 0 Å². The van der Waals surface area contributed by atoms with Gasteiger partial charge in [0.15, 0.2) is 0 Å². The van der Waals surface area contributed by atoms with Gasteiger partial charge < -0.3 is 0 Å². The first-order valence-electron chi connectivity index (χ1n) is 6.79. The van der Waals surface area contributed by atoms with Gasteiger partial charge >= 0.3 is 0 Å².